The monoisotopic (exact) mass is 412 g/mol. The zero-order chi connectivity index (χ0) is 19.5. The Morgan fingerprint density at radius 2 is 1.68 bits per heavy atom. The van der Waals surface area contributed by atoms with E-state index in [1.807, 2.05) is 36.4 Å². The molecule has 5 nitrogen and oxygen atoms in total. The van der Waals surface area contributed by atoms with Crippen molar-refractivity contribution in [3.8, 4) is 11.4 Å². The van der Waals surface area contributed by atoms with Crippen LogP contribution in [-0.2, 0) is 0 Å². The van der Waals surface area contributed by atoms with Gasteiger partial charge < -0.3 is 9.80 Å². The summed E-state index contributed by atoms with van der Waals surface area (Å²) in [5.74, 6) is 1.46. The summed E-state index contributed by atoms with van der Waals surface area (Å²) in [5, 5.41) is 0.918. The van der Waals surface area contributed by atoms with E-state index < -0.39 is 0 Å². The lowest BCUT2D eigenvalue weighted by Gasteiger charge is -2.35. The fourth-order valence-electron chi connectivity index (χ4n) is 3.22. The molecule has 142 valence electrons. The van der Waals surface area contributed by atoms with E-state index in [0.29, 0.717) is 47.6 Å². The van der Waals surface area contributed by atoms with Crippen LogP contribution in [0.3, 0.4) is 0 Å². The van der Waals surface area contributed by atoms with Crippen molar-refractivity contribution >= 4 is 34.9 Å². The predicted octanol–water partition coefficient (Wildman–Crippen LogP) is 4.41. The van der Waals surface area contributed by atoms with Gasteiger partial charge in [0, 0.05) is 43.0 Å². The third-order valence-electron chi connectivity index (χ3n) is 4.72. The Morgan fingerprint density at radius 3 is 2.43 bits per heavy atom. The molecule has 0 unspecified atom stereocenters. The quantitative estimate of drug-likeness (QED) is 0.638. The second kappa shape index (κ2) is 8.17. The van der Waals surface area contributed by atoms with Crippen molar-refractivity contribution in [3.05, 3.63) is 76.4 Å². The number of halogens is 2. The summed E-state index contributed by atoms with van der Waals surface area (Å²) in [6, 6.07) is 16.7. The molecule has 2 heterocycles. The summed E-state index contributed by atoms with van der Waals surface area (Å²) in [4.78, 5) is 25.8. The summed E-state index contributed by atoms with van der Waals surface area (Å²) >= 11 is 12.2. The van der Waals surface area contributed by atoms with E-state index in [0.717, 1.165) is 11.4 Å². The smallest absolute Gasteiger partial charge is 0.255 e. The summed E-state index contributed by atoms with van der Waals surface area (Å²) < 4.78 is 0. The molecule has 3 aromatic rings. The van der Waals surface area contributed by atoms with Gasteiger partial charge in [-0.15, -0.1) is 0 Å². The number of carbonyl (C=O) groups is 1. The molecule has 1 aliphatic rings. The molecule has 0 aliphatic carbocycles. The number of piperazine rings is 1. The van der Waals surface area contributed by atoms with E-state index in [1.54, 1.807) is 29.3 Å². The third-order valence-corrected chi connectivity index (χ3v) is 5.29. The van der Waals surface area contributed by atoms with Crippen LogP contribution in [0.2, 0.25) is 10.0 Å². The lowest BCUT2D eigenvalue weighted by atomic mass is 10.1. The average Bonchev–Trinajstić information content (AvgIpc) is 2.76. The minimum atomic E-state index is -0.0974. The van der Waals surface area contributed by atoms with Crippen LogP contribution in [-0.4, -0.2) is 47.0 Å². The number of nitrogens with zero attached hydrogens (tertiary/aromatic N) is 4. The van der Waals surface area contributed by atoms with Gasteiger partial charge >= 0.3 is 0 Å². The second-order valence-electron chi connectivity index (χ2n) is 6.51. The Balaban J connectivity index is 1.46. The SMILES string of the molecule is O=C(c1cc(Cl)ccc1Cl)N1CCN(c2ccnc(-c3ccccc3)n2)CC1. The zero-order valence-corrected chi connectivity index (χ0v) is 16.6. The molecule has 1 saturated heterocycles. The molecule has 28 heavy (non-hydrogen) atoms. The van der Waals surface area contributed by atoms with Crippen LogP contribution in [0.25, 0.3) is 11.4 Å². The van der Waals surface area contributed by atoms with Crippen LogP contribution in [0.5, 0.6) is 0 Å². The molecular formula is C21H18Cl2N4O. The van der Waals surface area contributed by atoms with E-state index in [9.17, 15) is 4.79 Å². The minimum Gasteiger partial charge on any atom is -0.353 e. The van der Waals surface area contributed by atoms with Gasteiger partial charge in [-0.2, -0.15) is 0 Å². The van der Waals surface area contributed by atoms with Gasteiger partial charge in [-0.3, -0.25) is 4.79 Å². The average molecular weight is 413 g/mol. The van der Waals surface area contributed by atoms with Crippen molar-refractivity contribution in [2.24, 2.45) is 0 Å². The van der Waals surface area contributed by atoms with Crippen molar-refractivity contribution in [1.82, 2.24) is 14.9 Å². The first-order chi connectivity index (χ1) is 13.6. The number of carbonyl (C=O) groups excluding carboxylic acids is 1. The molecule has 2 aromatic carbocycles. The van der Waals surface area contributed by atoms with Crippen LogP contribution in [0.4, 0.5) is 5.82 Å². The Kier molecular flexibility index (Phi) is 5.46. The minimum absolute atomic E-state index is 0.0974. The molecule has 0 bridgehead atoms. The topological polar surface area (TPSA) is 49.3 Å². The van der Waals surface area contributed by atoms with Gasteiger partial charge in [0.25, 0.3) is 5.91 Å². The van der Waals surface area contributed by atoms with Gasteiger partial charge in [-0.05, 0) is 24.3 Å². The highest BCUT2D eigenvalue weighted by Gasteiger charge is 2.24. The molecule has 1 aliphatic heterocycles. The van der Waals surface area contributed by atoms with Crippen LogP contribution in [0.1, 0.15) is 10.4 Å². The van der Waals surface area contributed by atoms with Gasteiger partial charge in [0.15, 0.2) is 5.82 Å². The maximum Gasteiger partial charge on any atom is 0.255 e. The molecule has 0 saturated carbocycles. The third kappa shape index (κ3) is 3.96. The molecule has 1 amide bonds. The highest BCUT2D eigenvalue weighted by atomic mass is 35.5. The van der Waals surface area contributed by atoms with Gasteiger partial charge in [-0.1, -0.05) is 53.5 Å². The Hall–Kier alpha value is -2.63. The summed E-state index contributed by atoms with van der Waals surface area (Å²) in [6.45, 7) is 2.56. The first-order valence-electron chi connectivity index (χ1n) is 8.99. The van der Waals surface area contributed by atoms with E-state index in [-0.39, 0.29) is 5.91 Å². The summed E-state index contributed by atoms with van der Waals surface area (Å²) in [6.07, 6.45) is 1.77. The Morgan fingerprint density at radius 1 is 0.929 bits per heavy atom. The van der Waals surface area contributed by atoms with E-state index in [1.165, 1.54) is 0 Å². The largest absolute Gasteiger partial charge is 0.353 e. The van der Waals surface area contributed by atoms with Gasteiger partial charge in [-0.25, -0.2) is 9.97 Å². The number of hydrogen-bond acceptors (Lipinski definition) is 4. The van der Waals surface area contributed by atoms with Crippen molar-refractivity contribution in [2.75, 3.05) is 31.1 Å². The van der Waals surface area contributed by atoms with Crippen LogP contribution in [0, 0.1) is 0 Å². The number of benzene rings is 2. The van der Waals surface area contributed by atoms with Crippen LogP contribution < -0.4 is 4.90 Å². The number of anilines is 1. The molecule has 0 N–H and O–H groups in total. The van der Waals surface area contributed by atoms with E-state index in [4.69, 9.17) is 28.2 Å². The lowest BCUT2D eigenvalue weighted by Crippen LogP contribution is -2.49. The summed E-state index contributed by atoms with van der Waals surface area (Å²) in [7, 11) is 0. The number of rotatable bonds is 3. The molecule has 4 rings (SSSR count). The van der Waals surface area contributed by atoms with Crippen LogP contribution in [0.15, 0.2) is 60.8 Å². The molecule has 1 fully saturated rings. The number of hydrogen-bond donors (Lipinski definition) is 0. The first kappa shape index (κ1) is 18.7. The van der Waals surface area contributed by atoms with Crippen molar-refractivity contribution < 1.29 is 4.79 Å². The lowest BCUT2D eigenvalue weighted by molar-refractivity contribution is 0.0746. The second-order valence-corrected chi connectivity index (χ2v) is 7.35. The van der Waals surface area contributed by atoms with Crippen molar-refractivity contribution in [1.29, 1.82) is 0 Å². The van der Waals surface area contributed by atoms with Crippen molar-refractivity contribution in [3.63, 3.8) is 0 Å². The fourth-order valence-corrected chi connectivity index (χ4v) is 3.59. The maximum absolute atomic E-state index is 12.8. The first-order valence-corrected chi connectivity index (χ1v) is 9.75. The number of amides is 1. The van der Waals surface area contributed by atoms with Gasteiger partial charge in [0.1, 0.15) is 5.82 Å². The fraction of sp³-hybridized carbons (Fsp3) is 0.190. The summed E-state index contributed by atoms with van der Waals surface area (Å²) in [5.41, 5.74) is 1.42. The Bertz CT molecular complexity index is 989. The van der Waals surface area contributed by atoms with Crippen LogP contribution >= 0.6 is 23.2 Å². The molecule has 0 spiro atoms. The molecule has 7 heteroatoms. The predicted molar refractivity (Wildman–Crippen MR) is 112 cm³/mol. The van der Waals surface area contributed by atoms with E-state index >= 15 is 0 Å². The molecular weight excluding hydrogens is 395 g/mol. The highest BCUT2D eigenvalue weighted by molar-refractivity contribution is 6.35. The highest BCUT2D eigenvalue weighted by Crippen LogP contribution is 2.24. The Labute approximate surface area is 173 Å². The normalized spacial score (nSPS) is 14.2. The van der Waals surface area contributed by atoms with Crippen molar-refractivity contribution in [2.45, 2.75) is 0 Å². The number of aromatic nitrogens is 2. The molecule has 0 atom stereocenters. The van der Waals surface area contributed by atoms with Gasteiger partial charge in [0.05, 0.1) is 10.6 Å². The van der Waals surface area contributed by atoms with Gasteiger partial charge in [0.2, 0.25) is 0 Å². The zero-order valence-electron chi connectivity index (χ0n) is 15.1. The molecule has 1 aromatic heterocycles. The molecule has 0 radical (unpaired) electrons. The van der Waals surface area contributed by atoms with E-state index in [2.05, 4.69) is 9.88 Å². The maximum atomic E-state index is 12.8. The standard InChI is InChI=1S/C21H18Cl2N4O/c22-16-6-7-18(23)17(14-16)21(28)27-12-10-26(11-13-27)19-8-9-24-20(25-19)15-4-2-1-3-5-15/h1-9,14H,10-13H2.